The van der Waals surface area contributed by atoms with Crippen molar-refractivity contribution < 1.29 is 93.6 Å². The van der Waals surface area contributed by atoms with Crippen molar-refractivity contribution in [3.8, 4) is 34.5 Å². The Morgan fingerprint density at radius 3 is 2.09 bits per heavy atom. The minimum absolute atomic E-state index is 0.573. The van der Waals surface area contributed by atoms with Gasteiger partial charge in [-0.1, -0.05) is 0 Å². The van der Waals surface area contributed by atoms with Gasteiger partial charge in [0.25, 0.3) is 0 Å². The zero-order valence-corrected chi connectivity index (χ0v) is 22.9. The molecule has 246 valence electrons. The Balaban J connectivity index is 1.64. The summed E-state index contributed by atoms with van der Waals surface area (Å²) < 4.78 is 26.2. The molecule has 3 aliphatic heterocycles. The van der Waals surface area contributed by atoms with E-state index in [4.69, 9.17) is 23.7 Å². The highest BCUT2D eigenvalue weighted by atomic mass is 16.7. The number of benzene rings is 2. The second-order valence-electron chi connectivity index (χ2n) is 10.4. The van der Waals surface area contributed by atoms with Gasteiger partial charge in [0.1, 0.15) is 12.2 Å². The number of carbonyl (C=O) groups is 5. The van der Waals surface area contributed by atoms with Crippen LogP contribution in [0.1, 0.15) is 38.6 Å². The minimum atomic E-state index is -2.35. The standard InChI is InChI=1S/C27H24O19/c28-5-12-20-19(37)22(27(42-12)46-23(38)6-1-9(29)16(34)10(30)2-6)45-24(39)7-3-11(31)17(35)21-15(7)14(18(36)26(41)44-21)8(4-13(32)33)25(40)43-20/h1-3,8,12,14,18-20,22,27-31,34-37H,4-5H2,(H,32,33)/t8-,12+,14-,18-,19-,20-,22-,27-/m0/s1. The molecule has 3 aliphatic rings. The Labute approximate surface area is 254 Å². The molecule has 0 unspecified atom stereocenters. The maximum atomic E-state index is 13.6. The van der Waals surface area contributed by atoms with Crippen molar-refractivity contribution in [2.24, 2.45) is 5.92 Å². The maximum absolute atomic E-state index is 13.6. The Morgan fingerprint density at radius 1 is 0.848 bits per heavy atom. The van der Waals surface area contributed by atoms with Gasteiger partial charge in [0.15, 0.2) is 47.1 Å². The summed E-state index contributed by atoms with van der Waals surface area (Å²) in [6.45, 7) is -1.06. The highest BCUT2D eigenvalue weighted by Gasteiger charge is 2.55. The normalized spacial score (nSPS) is 28.9. The molecular formula is C27H24O19. The smallest absolute Gasteiger partial charge is 0.341 e. The van der Waals surface area contributed by atoms with Gasteiger partial charge in [-0.15, -0.1) is 0 Å². The number of carboxylic acids is 1. The first-order chi connectivity index (χ1) is 21.6. The van der Waals surface area contributed by atoms with Crippen LogP contribution in [0.4, 0.5) is 0 Å². The molecule has 46 heavy (non-hydrogen) atoms. The van der Waals surface area contributed by atoms with Crippen LogP contribution in [-0.2, 0) is 33.3 Å². The quantitative estimate of drug-likeness (QED) is 0.0733. The van der Waals surface area contributed by atoms with Gasteiger partial charge in [-0.3, -0.25) is 9.59 Å². The fourth-order valence-electron chi connectivity index (χ4n) is 5.40. The van der Waals surface area contributed by atoms with Crippen molar-refractivity contribution in [1.29, 1.82) is 0 Å². The molecule has 0 amide bonds. The summed E-state index contributed by atoms with van der Waals surface area (Å²) in [5.74, 6) is -17.6. The van der Waals surface area contributed by atoms with E-state index in [0.29, 0.717) is 18.2 Å². The van der Waals surface area contributed by atoms with Crippen molar-refractivity contribution in [2.45, 2.75) is 49.1 Å². The van der Waals surface area contributed by atoms with Gasteiger partial charge in [0, 0.05) is 11.5 Å². The molecule has 2 bridgehead atoms. The lowest BCUT2D eigenvalue weighted by Gasteiger charge is -2.42. The zero-order valence-electron chi connectivity index (χ0n) is 22.9. The molecule has 0 saturated carbocycles. The minimum Gasteiger partial charge on any atom is -0.504 e. The first-order valence-corrected chi connectivity index (χ1v) is 13.2. The molecule has 19 heteroatoms. The van der Waals surface area contributed by atoms with Crippen molar-refractivity contribution in [3.63, 3.8) is 0 Å². The van der Waals surface area contributed by atoms with Crippen LogP contribution in [0.2, 0.25) is 0 Å². The van der Waals surface area contributed by atoms with Gasteiger partial charge in [0.05, 0.1) is 30.1 Å². The van der Waals surface area contributed by atoms with Crippen molar-refractivity contribution in [1.82, 2.24) is 0 Å². The molecule has 0 aromatic heterocycles. The van der Waals surface area contributed by atoms with E-state index in [0.717, 1.165) is 0 Å². The lowest BCUT2D eigenvalue weighted by molar-refractivity contribution is -0.288. The zero-order chi connectivity index (χ0) is 33.8. The van der Waals surface area contributed by atoms with E-state index in [-0.39, 0.29) is 0 Å². The molecule has 2 aromatic rings. The molecule has 19 nitrogen and oxygen atoms in total. The molecule has 1 fully saturated rings. The lowest BCUT2D eigenvalue weighted by Crippen LogP contribution is -2.62. The second-order valence-corrected chi connectivity index (χ2v) is 10.4. The SMILES string of the molecule is O=C(O)C[C@@H]1C(=O)O[C@@H]2[C@H](O)[C@H](OC(=O)c3cc(O)c(O)c4c3[C@H]1[C@H](O)C(=O)O4)[C@H](OC(=O)c1cc(O)c(O)c(O)c1)O[C@@H]2CO. The van der Waals surface area contributed by atoms with Crippen molar-refractivity contribution in [2.75, 3.05) is 6.61 Å². The topological polar surface area (TPSA) is 314 Å². The van der Waals surface area contributed by atoms with Gasteiger partial charge in [-0.05, 0) is 18.2 Å². The number of aliphatic hydroxyl groups excluding tert-OH is 3. The van der Waals surface area contributed by atoms with E-state index in [1.807, 2.05) is 0 Å². The molecule has 0 spiro atoms. The highest BCUT2D eigenvalue weighted by molar-refractivity contribution is 5.97. The fraction of sp³-hybridized carbons (Fsp3) is 0.370. The van der Waals surface area contributed by atoms with Gasteiger partial charge >= 0.3 is 29.8 Å². The van der Waals surface area contributed by atoms with Gasteiger partial charge < -0.3 is 69.6 Å². The second kappa shape index (κ2) is 11.9. The molecular weight excluding hydrogens is 628 g/mol. The summed E-state index contributed by atoms with van der Waals surface area (Å²) in [6.07, 6.45) is -13.7. The van der Waals surface area contributed by atoms with E-state index in [1.165, 1.54) is 0 Å². The number of aliphatic hydroxyl groups is 3. The van der Waals surface area contributed by atoms with Crippen LogP contribution >= 0.6 is 0 Å². The first kappa shape index (κ1) is 32.0. The first-order valence-electron chi connectivity index (χ1n) is 13.2. The van der Waals surface area contributed by atoms with Crippen molar-refractivity contribution >= 4 is 29.8 Å². The number of ether oxygens (including phenoxy) is 5. The highest BCUT2D eigenvalue weighted by Crippen LogP contribution is 2.51. The number of aliphatic carboxylic acids is 1. The van der Waals surface area contributed by atoms with Crippen LogP contribution in [-0.4, -0.2) is 119 Å². The van der Waals surface area contributed by atoms with E-state index >= 15 is 0 Å². The number of carboxylic acid groups (broad SMARTS) is 1. The predicted molar refractivity (Wildman–Crippen MR) is 138 cm³/mol. The number of phenols is 5. The summed E-state index contributed by atoms with van der Waals surface area (Å²) in [5, 5.41) is 91.4. The third kappa shape index (κ3) is 5.40. The fourth-order valence-corrected chi connectivity index (χ4v) is 5.40. The van der Waals surface area contributed by atoms with E-state index < -0.39 is 143 Å². The van der Waals surface area contributed by atoms with Gasteiger partial charge in [-0.2, -0.15) is 0 Å². The molecule has 9 N–H and O–H groups in total. The Bertz CT molecular complexity index is 1610. The number of phenolic OH excluding ortho intramolecular Hbond substituents is 5. The summed E-state index contributed by atoms with van der Waals surface area (Å²) in [4.78, 5) is 64.4. The van der Waals surface area contributed by atoms with Crippen LogP contribution in [0, 0.1) is 5.92 Å². The Hall–Kier alpha value is -5.37. The number of aromatic hydroxyl groups is 5. The maximum Gasteiger partial charge on any atom is 0.341 e. The summed E-state index contributed by atoms with van der Waals surface area (Å²) in [5.41, 5.74) is -2.06. The third-order valence-electron chi connectivity index (χ3n) is 7.56. The van der Waals surface area contributed by atoms with Crippen molar-refractivity contribution in [3.05, 3.63) is 34.9 Å². The monoisotopic (exact) mass is 652 g/mol. The number of hydrogen-bond donors (Lipinski definition) is 9. The van der Waals surface area contributed by atoms with Gasteiger partial charge in [0.2, 0.25) is 12.0 Å². The van der Waals surface area contributed by atoms with Crippen LogP contribution in [0.25, 0.3) is 0 Å². The number of fused-ring (bicyclic) bond motifs is 2. The van der Waals surface area contributed by atoms with E-state index in [9.17, 15) is 69.9 Å². The lowest BCUT2D eigenvalue weighted by atomic mass is 9.76. The molecule has 0 radical (unpaired) electrons. The van der Waals surface area contributed by atoms with Crippen LogP contribution in [0.15, 0.2) is 18.2 Å². The van der Waals surface area contributed by atoms with Crippen LogP contribution in [0.5, 0.6) is 34.5 Å². The van der Waals surface area contributed by atoms with Gasteiger partial charge in [-0.25, -0.2) is 14.4 Å². The molecule has 8 atom stereocenters. The van der Waals surface area contributed by atoms with Crippen LogP contribution in [0.3, 0.4) is 0 Å². The largest absolute Gasteiger partial charge is 0.504 e. The number of esters is 4. The third-order valence-corrected chi connectivity index (χ3v) is 7.56. The molecule has 1 saturated heterocycles. The number of hydrogen-bond acceptors (Lipinski definition) is 18. The Kier molecular flexibility index (Phi) is 8.26. The predicted octanol–water partition coefficient (Wildman–Crippen LogP) is -1.95. The average Bonchev–Trinajstić information content (AvgIpc) is 3.00. The van der Waals surface area contributed by atoms with Crippen LogP contribution < -0.4 is 4.74 Å². The van der Waals surface area contributed by atoms with E-state index in [2.05, 4.69) is 0 Å². The molecule has 0 aliphatic carbocycles. The molecule has 2 aromatic carbocycles. The van der Waals surface area contributed by atoms with E-state index in [1.54, 1.807) is 0 Å². The number of carbonyl (C=O) groups excluding carboxylic acids is 4. The molecule has 5 rings (SSSR count). The summed E-state index contributed by atoms with van der Waals surface area (Å²) >= 11 is 0. The average molecular weight is 652 g/mol. The summed E-state index contributed by atoms with van der Waals surface area (Å²) in [6, 6.07) is 1.92. The summed E-state index contributed by atoms with van der Waals surface area (Å²) in [7, 11) is 0. The number of rotatable bonds is 5. The Morgan fingerprint density at radius 2 is 1.48 bits per heavy atom. The molecule has 3 heterocycles.